The van der Waals surface area contributed by atoms with Crippen LogP contribution in [0.25, 0.3) is 0 Å². The summed E-state index contributed by atoms with van der Waals surface area (Å²) in [6.45, 7) is 0.841. The minimum atomic E-state index is -1.30. The standard InChI is InChI=1S/C15H16N4O7S2/c1-6(20)26-3-7-4-27-13-10(12(22)19(13)11(7)14(23)24)18-9(21)2-16-8-5-28-15(25)17-8/h5,10,13,16H,2-4H2,1H3,(H,17,25)(H,18,21)(H,23,24)/t10-,13-/m1/s1. The molecule has 0 spiro atoms. The number of carbonyl (C=O) groups excluding carboxylic acids is 3. The van der Waals surface area contributed by atoms with Gasteiger partial charge in [0.05, 0.1) is 6.54 Å². The van der Waals surface area contributed by atoms with E-state index in [4.69, 9.17) is 4.74 Å². The second-order valence-corrected chi connectivity index (χ2v) is 7.86. The van der Waals surface area contributed by atoms with Crippen LogP contribution in [0.5, 0.6) is 0 Å². The van der Waals surface area contributed by atoms with Crippen LogP contribution in [0.3, 0.4) is 0 Å². The van der Waals surface area contributed by atoms with Crippen molar-refractivity contribution in [1.82, 2.24) is 15.2 Å². The summed E-state index contributed by atoms with van der Waals surface area (Å²) in [4.78, 5) is 61.5. The molecule has 2 atom stereocenters. The lowest BCUT2D eigenvalue weighted by molar-refractivity contribution is -0.150. The third-order valence-electron chi connectivity index (χ3n) is 3.98. The summed E-state index contributed by atoms with van der Waals surface area (Å²) in [5.74, 6) is -2.23. The summed E-state index contributed by atoms with van der Waals surface area (Å²) in [5.41, 5.74) is 0.111. The molecule has 0 unspecified atom stereocenters. The number of rotatable bonds is 7. The molecule has 13 heteroatoms. The Morgan fingerprint density at radius 2 is 2.14 bits per heavy atom. The van der Waals surface area contributed by atoms with Gasteiger partial charge in [0.15, 0.2) is 0 Å². The van der Waals surface area contributed by atoms with E-state index in [1.165, 1.54) is 24.1 Å². The number of hydrogen-bond acceptors (Lipinski definition) is 9. The first-order valence-electron chi connectivity index (χ1n) is 8.02. The molecule has 0 aliphatic carbocycles. The summed E-state index contributed by atoms with van der Waals surface area (Å²) in [5, 5.41) is 15.7. The van der Waals surface area contributed by atoms with Crippen LogP contribution in [0.2, 0.25) is 0 Å². The Kier molecular flexibility index (Phi) is 5.74. The predicted molar refractivity (Wildman–Crippen MR) is 99.7 cm³/mol. The first-order valence-corrected chi connectivity index (χ1v) is 9.95. The molecule has 1 saturated heterocycles. The number of β-lactam (4-membered cyclic amide) rings is 1. The van der Waals surface area contributed by atoms with Gasteiger partial charge in [0.1, 0.15) is 29.5 Å². The Hall–Kier alpha value is -2.80. The molecule has 0 radical (unpaired) electrons. The number of aromatic nitrogens is 1. The second-order valence-electron chi connectivity index (χ2n) is 5.91. The summed E-state index contributed by atoms with van der Waals surface area (Å²) < 4.78 is 4.86. The topological polar surface area (TPSA) is 158 Å². The molecule has 1 fully saturated rings. The van der Waals surface area contributed by atoms with Crippen molar-refractivity contribution in [2.24, 2.45) is 0 Å². The van der Waals surface area contributed by atoms with Crippen molar-refractivity contribution >= 4 is 52.7 Å². The number of aromatic amines is 1. The van der Waals surface area contributed by atoms with Crippen molar-refractivity contribution in [1.29, 1.82) is 0 Å². The number of anilines is 1. The highest BCUT2D eigenvalue weighted by Gasteiger charge is 2.54. The summed E-state index contributed by atoms with van der Waals surface area (Å²) in [6, 6.07) is -0.856. The van der Waals surface area contributed by atoms with E-state index in [-0.39, 0.29) is 29.5 Å². The molecule has 0 saturated carbocycles. The molecule has 1 aromatic rings. The molecule has 3 heterocycles. The number of fused-ring (bicyclic) bond motifs is 1. The van der Waals surface area contributed by atoms with Gasteiger partial charge < -0.3 is 20.5 Å². The number of H-pyrrole nitrogens is 1. The molecule has 4 N–H and O–H groups in total. The van der Waals surface area contributed by atoms with E-state index in [2.05, 4.69) is 15.6 Å². The van der Waals surface area contributed by atoms with E-state index in [1.807, 2.05) is 0 Å². The fourth-order valence-electron chi connectivity index (χ4n) is 2.75. The predicted octanol–water partition coefficient (Wildman–Crippen LogP) is -0.850. The third kappa shape index (κ3) is 4.04. The number of thiazole rings is 1. The monoisotopic (exact) mass is 428 g/mol. The Morgan fingerprint density at radius 3 is 2.75 bits per heavy atom. The number of carboxylic acids is 1. The lowest BCUT2D eigenvalue weighted by atomic mass is 10.0. The minimum Gasteiger partial charge on any atom is -0.477 e. The number of esters is 1. The Morgan fingerprint density at radius 1 is 1.39 bits per heavy atom. The molecule has 2 aliphatic rings. The lowest BCUT2D eigenvalue weighted by Crippen LogP contribution is -2.71. The van der Waals surface area contributed by atoms with E-state index in [0.29, 0.717) is 11.4 Å². The van der Waals surface area contributed by atoms with E-state index >= 15 is 0 Å². The summed E-state index contributed by atoms with van der Waals surface area (Å²) in [6.07, 6.45) is 0. The SMILES string of the molecule is CC(=O)OCC1=C(C(=O)O)N2C(=O)[C@@H](NC(=O)CNc3csc(=O)[nH]3)[C@H]2SC1. The molecule has 0 bridgehead atoms. The van der Waals surface area contributed by atoms with Crippen LogP contribution in [0.4, 0.5) is 5.82 Å². The highest BCUT2D eigenvalue weighted by atomic mass is 32.2. The van der Waals surface area contributed by atoms with Gasteiger partial charge in [-0.25, -0.2) is 4.79 Å². The molecular weight excluding hydrogens is 412 g/mol. The fraction of sp³-hybridized carbons (Fsp3) is 0.400. The molecule has 11 nitrogen and oxygen atoms in total. The van der Waals surface area contributed by atoms with Crippen LogP contribution in [0.15, 0.2) is 21.4 Å². The average Bonchev–Trinajstić information content (AvgIpc) is 3.06. The van der Waals surface area contributed by atoms with Crippen LogP contribution in [-0.2, 0) is 23.9 Å². The first kappa shape index (κ1) is 19.9. The van der Waals surface area contributed by atoms with Crippen molar-refractivity contribution in [3.63, 3.8) is 0 Å². The normalized spacial score (nSPS) is 20.9. The lowest BCUT2D eigenvalue weighted by Gasteiger charge is -2.49. The largest absolute Gasteiger partial charge is 0.477 e. The molecule has 28 heavy (non-hydrogen) atoms. The number of carbonyl (C=O) groups is 4. The van der Waals surface area contributed by atoms with Gasteiger partial charge in [0, 0.05) is 23.6 Å². The maximum atomic E-state index is 12.4. The van der Waals surface area contributed by atoms with Crippen LogP contribution >= 0.6 is 23.1 Å². The van der Waals surface area contributed by atoms with Gasteiger partial charge in [-0.3, -0.25) is 29.1 Å². The molecule has 150 valence electrons. The first-order chi connectivity index (χ1) is 13.3. The van der Waals surface area contributed by atoms with Crippen LogP contribution in [0.1, 0.15) is 6.92 Å². The Bertz CT molecular complexity index is 921. The van der Waals surface area contributed by atoms with Gasteiger partial charge in [-0.2, -0.15) is 0 Å². The molecular formula is C15H16N4O7S2. The van der Waals surface area contributed by atoms with Crippen molar-refractivity contribution in [3.05, 3.63) is 26.3 Å². The number of carboxylic acid groups (broad SMARTS) is 1. The second kappa shape index (κ2) is 8.06. The van der Waals surface area contributed by atoms with Gasteiger partial charge in [-0.05, 0) is 0 Å². The van der Waals surface area contributed by atoms with Gasteiger partial charge in [0.25, 0.3) is 5.91 Å². The average molecular weight is 428 g/mol. The van der Waals surface area contributed by atoms with Crippen molar-refractivity contribution in [3.8, 4) is 0 Å². The number of nitrogens with zero attached hydrogens (tertiary/aromatic N) is 1. The highest BCUT2D eigenvalue weighted by molar-refractivity contribution is 8.00. The molecule has 1 aromatic heterocycles. The van der Waals surface area contributed by atoms with E-state index < -0.39 is 35.2 Å². The zero-order chi connectivity index (χ0) is 20.4. The molecule has 0 aromatic carbocycles. The number of hydrogen-bond donors (Lipinski definition) is 4. The minimum absolute atomic E-state index is 0.160. The van der Waals surface area contributed by atoms with Crippen LogP contribution < -0.4 is 15.5 Å². The van der Waals surface area contributed by atoms with E-state index in [1.54, 1.807) is 0 Å². The summed E-state index contributed by atoms with van der Waals surface area (Å²) >= 11 is 2.23. The maximum Gasteiger partial charge on any atom is 0.352 e. The number of nitrogens with one attached hydrogen (secondary N) is 3. The van der Waals surface area contributed by atoms with E-state index in [0.717, 1.165) is 16.2 Å². The zero-order valence-corrected chi connectivity index (χ0v) is 16.1. The molecule has 3 rings (SSSR count). The quantitative estimate of drug-likeness (QED) is 0.321. The van der Waals surface area contributed by atoms with E-state index in [9.17, 15) is 29.1 Å². The Balaban J connectivity index is 1.62. The van der Waals surface area contributed by atoms with Gasteiger partial charge in [0.2, 0.25) is 5.91 Å². The number of ether oxygens (including phenoxy) is 1. The number of amides is 2. The third-order valence-corrected chi connectivity index (χ3v) is 5.99. The molecule has 2 amide bonds. The zero-order valence-electron chi connectivity index (χ0n) is 14.5. The number of thioether (sulfide) groups is 1. The molecule has 2 aliphatic heterocycles. The van der Waals surface area contributed by atoms with Gasteiger partial charge >= 0.3 is 16.8 Å². The Labute approximate surface area is 166 Å². The fourth-order valence-corrected chi connectivity index (χ4v) is 4.61. The van der Waals surface area contributed by atoms with Crippen LogP contribution in [0, 0.1) is 0 Å². The number of aliphatic carboxylic acids is 1. The maximum absolute atomic E-state index is 12.4. The smallest absolute Gasteiger partial charge is 0.352 e. The van der Waals surface area contributed by atoms with Gasteiger partial charge in [-0.15, -0.1) is 11.8 Å². The van der Waals surface area contributed by atoms with Crippen molar-refractivity contribution in [2.75, 3.05) is 24.2 Å². The van der Waals surface area contributed by atoms with Crippen LogP contribution in [-0.4, -0.2) is 69.1 Å². The van der Waals surface area contributed by atoms with Crippen molar-refractivity contribution < 1.29 is 29.0 Å². The highest BCUT2D eigenvalue weighted by Crippen LogP contribution is 2.40. The van der Waals surface area contributed by atoms with Gasteiger partial charge in [-0.1, -0.05) is 11.3 Å². The summed E-state index contributed by atoms with van der Waals surface area (Å²) in [7, 11) is 0. The van der Waals surface area contributed by atoms with Crippen molar-refractivity contribution in [2.45, 2.75) is 18.3 Å².